The summed E-state index contributed by atoms with van der Waals surface area (Å²) >= 11 is 6.23. The Bertz CT molecular complexity index is 1090. The van der Waals surface area contributed by atoms with E-state index in [1.807, 2.05) is 24.3 Å². The molecule has 3 aromatic rings. The Kier molecular flexibility index (Phi) is 3.45. The minimum Gasteiger partial charge on any atom is -0.323 e. The van der Waals surface area contributed by atoms with Gasteiger partial charge < -0.3 is 5.32 Å². The smallest absolute Gasteiger partial charge is 0.323 e. The predicted molar refractivity (Wildman–Crippen MR) is 102 cm³/mol. The molecule has 0 unspecified atom stereocenters. The second kappa shape index (κ2) is 5.76. The highest BCUT2D eigenvalue weighted by Gasteiger charge is 2.60. The molecule has 1 N–H and O–H groups in total. The van der Waals surface area contributed by atoms with Crippen molar-refractivity contribution >= 4 is 40.0 Å². The number of hydrogen-bond donors (Lipinski definition) is 1. The fraction of sp³-hybridized carbons (Fsp3) is 0.200. The molecule has 5 rings (SSSR count). The van der Waals surface area contributed by atoms with Crippen molar-refractivity contribution in [2.75, 3.05) is 4.90 Å². The number of hydrogen-bond acceptors (Lipinski definition) is 4. The van der Waals surface area contributed by atoms with Crippen molar-refractivity contribution in [1.82, 2.24) is 15.3 Å². The number of imide groups is 1. The van der Waals surface area contributed by atoms with Crippen molar-refractivity contribution in [3.8, 4) is 0 Å². The van der Waals surface area contributed by atoms with Gasteiger partial charge in [0, 0.05) is 29.1 Å². The van der Waals surface area contributed by atoms with Gasteiger partial charge in [-0.2, -0.15) is 0 Å². The van der Waals surface area contributed by atoms with Gasteiger partial charge in [0.25, 0.3) is 5.91 Å². The number of pyridine rings is 2. The molecule has 1 aromatic carbocycles. The van der Waals surface area contributed by atoms with Crippen molar-refractivity contribution in [3.05, 3.63) is 65.7 Å². The van der Waals surface area contributed by atoms with Crippen LogP contribution in [0.4, 0.5) is 10.5 Å². The van der Waals surface area contributed by atoms with Crippen LogP contribution in [0.5, 0.6) is 0 Å². The summed E-state index contributed by atoms with van der Waals surface area (Å²) < 4.78 is 0. The first kappa shape index (κ1) is 16.2. The number of rotatable bonds is 2. The molecule has 1 spiro atoms. The number of nitrogens with zero attached hydrogens (tertiary/aromatic N) is 3. The molecule has 2 fully saturated rings. The number of aromatic nitrogens is 2. The molecule has 6 nitrogen and oxygen atoms in total. The topological polar surface area (TPSA) is 75.2 Å². The summed E-state index contributed by atoms with van der Waals surface area (Å²) in [7, 11) is 0. The molecule has 7 heteroatoms. The van der Waals surface area contributed by atoms with Crippen molar-refractivity contribution < 1.29 is 9.59 Å². The highest BCUT2D eigenvalue weighted by atomic mass is 35.5. The number of urea groups is 1. The van der Waals surface area contributed by atoms with E-state index in [0.717, 1.165) is 16.5 Å². The first-order chi connectivity index (χ1) is 13.1. The third-order valence-corrected chi connectivity index (χ3v) is 5.73. The Morgan fingerprint density at radius 1 is 1.11 bits per heavy atom. The average Bonchev–Trinajstić information content (AvgIpc) is 2.91. The molecule has 3 amide bonds. The summed E-state index contributed by atoms with van der Waals surface area (Å²) in [6.07, 6.45) is 5.95. The number of benzene rings is 1. The van der Waals surface area contributed by atoms with Crippen LogP contribution in [0.15, 0.2) is 55.0 Å². The number of carbonyl (C=O) groups is 2. The maximum atomic E-state index is 13.2. The minimum absolute atomic E-state index is 0.0496. The van der Waals surface area contributed by atoms with E-state index < -0.39 is 11.6 Å². The Balaban J connectivity index is 1.47. The van der Waals surface area contributed by atoms with E-state index in [4.69, 9.17) is 11.6 Å². The molecule has 3 heterocycles. The molecule has 2 aliphatic rings. The van der Waals surface area contributed by atoms with E-state index in [2.05, 4.69) is 15.3 Å². The summed E-state index contributed by atoms with van der Waals surface area (Å²) in [4.78, 5) is 35.6. The van der Waals surface area contributed by atoms with Gasteiger partial charge in [0.05, 0.1) is 22.6 Å². The lowest BCUT2D eigenvalue weighted by atomic mass is 9.66. The van der Waals surface area contributed by atoms with Crippen LogP contribution in [0, 0.1) is 0 Å². The van der Waals surface area contributed by atoms with Gasteiger partial charge in [0.2, 0.25) is 0 Å². The maximum Gasteiger partial charge on any atom is 0.329 e. The number of carbonyl (C=O) groups excluding carboxylic acids is 2. The Hall–Kier alpha value is -2.99. The van der Waals surface area contributed by atoms with E-state index in [1.165, 1.54) is 4.90 Å². The molecule has 134 valence electrons. The molecule has 0 atom stereocenters. The summed E-state index contributed by atoms with van der Waals surface area (Å²) in [5.41, 5.74) is 0.392. The van der Waals surface area contributed by atoms with Crippen LogP contribution in [0.1, 0.15) is 24.5 Å². The monoisotopic (exact) mass is 378 g/mol. The zero-order valence-electron chi connectivity index (χ0n) is 14.2. The molecule has 2 aromatic heterocycles. The number of fused-ring (bicyclic) bond motifs is 1. The lowest BCUT2D eigenvalue weighted by Gasteiger charge is -2.42. The van der Waals surface area contributed by atoms with Crippen LogP contribution in [0.3, 0.4) is 0 Å². The van der Waals surface area contributed by atoms with Crippen molar-refractivity contribution in [3.63, 3.8) is 0 Å². The largest absolute Gasteiger partial charge is 0.329 e. The molecule has 0 radical (unpaired) electrons. The van der Waals surface area contributed by atoms with Crippen LogP contribution in [0.2, 0.25) is 5.02 Å². The summed E-state index contributed by atoms with van der Waals surface area (Å²) in [6, 6.07) is 10.7. The average molecular weight is 379 g/mol. The van der Waals surface area contributed by atoms with Crippen LogP contribution in [-0.2, 0) is 4.79 Å². The van der Waals surface area contributed by atoms with Crippen molar-refractivity contribution in [2.45, 2.75) is 24.3 Å². The Morgan fingerprint density at radius 3 is 2.74 bits per heavy atom. The van der Waals surface area contributed by atoms with Crippen molar-refractivity contribution in [1.29, 1.82) is 0 Å². The number of halogens is 1. The molecular formula is C20H15ClN4O2. The zero-order chi connectivity index (χ0) is 18.6. The van der Waals surface area contributed by atoms with Gasteiger partial charge in [-0.05, 0) is 25.0 Å². The molecule has 27 heavy (non-hydrogen) atoms. The lowest BCUT2D eigenvalue weighted by molar-refractivity contribution is -0.125. The molecule has 0 bridgehead atoms. The first-order valence-corrected chi connectivity index (χ1v) is 9.07. The number of anilines is 1. The fourth-order valence-corrected chi connectivity index (χ4v) is 4.34. The Morgan fingerprint density at radius 2 is 1.93 bits per heavy atom. The fourth-order valence-electron chi connectivity index (χ4n) is 4.07. The maximum absolute atomic E-state index is 13.2. The van der Waals surface area contributed by atoms with Gasteiger partial charge in [-0.3, -0.25) is 14.8 Å². The molecule has 1 saturated carbocycles. The zero-order valence-corrected chi connectivity index (χ0v) is 15.0. The lowest BCUT2D eigenvalue weighted by Crippen LogP contribution is -2.56. The van der Waals surface area contributed by atoms with E-state index in [1.54, 1.807) is 30.7 Å². The first-order valence-electron chi connectivity index (χ1n) is 8.69. The quantitative estimate of drug-likeness (QED) is 0.690. The van der Waals surface area contributed by atoms with E-state index in [0.29, 0.717) is 23.6 Å². The van der Waals surface area contributed by atoms with E-state index in [9.17, 15) is 9.59 Å². The number of amides is 3. The molecule has 1 aliphatic heterocycles. The van der Waals surface area contributed by atoms with Crippen LogP contribution >= 0.6 is 11.6 Å². The Labute approximate surface area is 160 Å². The number of nitrogens with one attached hydrogen (secondary N) is 1. The normalized spacial score (nSPS) is 24.3. The van der Waals surface area contributed by atoms with Gasteiger partial charge in [0.1, 0.15) is 5.54 Å². The second-order valence-corrected chi connectivity index (χ2v) is 7.42. The van der Waals surface area contributed by atoms with Crippen LogP contribution in [0.25, 0.3) is 10.8 Å². The van der Waals surface area contributed by atoms with E-state index in [-0.39, 0.29) is 11.8 Å². The summed E-state index contributed by atoms with van der Waals surface area (Å²) in [5, 5.41) is 5.17. The standard InChI is InChI=1S/C20H15ClN4O2/c21-15-6-3-7-23-17(15)13-8-20(9-13)18(26)25(19(27)24-20)16-11-22-10-12-4-1-2-5-14(12)16/h1-7,10-11,13H,8-9H2,(H,24,27). The highest BCUT2D eigenvalue weighted by molar-refractivity contribution is 6.31. The minimum atomic E-state index is -0.889. The van der Waals surface area contributed by atoms with Gasteiger partial charge in [-0.15, -0.1) is 0 Å². The molecular weight excluding hydrogens is 364 g/mol. The van der Waals surface area contributed by atoms with Gasteiger partial charge in [0.15, 0.2) is 0 Å². The predicted octanol–water partition coefficient (Wildman–Crippen LogP) is 3.66. The van der Waals surface area contributed by atoms with Gasteiger partial charge >= 0.3 is 6.03 Å². The SMILES string of the molecule is O=C1NC2(CC(c3ncccc3Cl)C2)C(=O)N1c1cncc2ccccc12. The molecule has 1 aliphatic carbocycles. The highest BCUT2D eigenvalue weighted by Crippen LogP contribution is 2.49. The summed E-state index contributed by atoms with van der Waals surface area (Å²) in [5.74, 6) is -0.192. The van der Waals surface area contributed by atoms with Crippen molar-refractivity contribution in [2.24, 2.45) is 0 Å². The second-order valence-electron chi connectivity index (χ2n) is 7.01. The third-order valence-electron chi connectivity index (χ3n) is 5.41. The summed E-state index contributed by atoms with van der Waals surface area (Å²) in [6.45, 7) is 0. The molecule has 1 saturated heterocycles. The van der Waals surface area contributed by atoms with Gasteiger partial charge in [-0.1, -0.05) is 35.9 Å². The van der Waals surface area contributed by atoms with Gasteiger partial charge in [-0.25, -0.2) is 9.69 Å². The van der Waals surface area contributed by atoms with Crippen LogP contribution in [-0.4, -0.2) is 27.4 Å². The third kappa shape index (κ3) is 2.33. The van der Waals surface area contributed by atoms with Crippen LogP contribution < -0.4 is 10.2 Å². The van der Waals surface area contributed by atoms with E-state index >= 15 is 0 Å².